The Morgan fingerprint density at radius 3 is 2.85 bits per heavy atom. The zero-order chi connectivity index (χ0) is 17.9. The van der Waals surface area contributed by atoms with E-state index in [9.17, 15) is 4.79 Å². The van der Waals surface area contributed by atoms with Gasteiger partial charge in [-0.05, 0) is 43.5 Å². The molecule has 1 saturated heterocycles. The maximum Gasteiger partial charge on any atom is 0.242 e. The van der Waals surface area contributed by atoms with E-state index in [4.69, 9.17) is 16.6 Å². The van der Waals surface area contributed by atoms with Gasteiger partial charge < -0.3 is 10.2 Å². The fraction of sp³-hybridized carbons (Fsp3) is 0.300. The Labute approximate surface area is 161 Å². The molecule has 0 aliphatic carbocycles. The first kappa shape index (κ1) is 17.3. The minimum Gasteiger partial charge on any atom is -0.375 e. The predicted molar refractivity (Wildman–Crippen MR) is 108 cm³/mol. The number of carbonyl (C=O) groups excluding carboxylic acids is 1. The maximum atomic E-state index is 12.9. The molecule has 0 spiro atoms. The van der Waals surface area contributed by atoms with E-state index in [1.54, 1.807) is 11.3 Å². The molecule has 4 rings (SSSR count). The minimum absolute atomic E-state index is 0.0710. The van der Waals surface area contributed by atoms with Crippen LogP contribution in [0.5, 0.6) is 0 Å². The van der Waals surface area contributed by atoms with E-state index >= 15 is 0 Å². The van der Waals surface area contributed by atoms with Crippen molar-refractivity contribution in [2.24, 2.45) is 0 Å². The quantitative estimate of drug-likeness (QED) is 0.678. The lowest BCUT2D eigenvalue weighted by atomic mass is 10.0. The molecule has 1 aliphatic rings. The van der Waals surface area contributed by atoms with E-state index in [0.29, 0.717) is 5.02 Å². The first-order valence-corrected chi connectivity index (χ1v) is 10.0. The molecule has 1 aromatic heterocycles. The highest BCUT2D eigenvalue weighted by Crippen LogP contribution is 2.35. The third-order valence-corrected chi connectivity index (χ3v) is 6.19. The molecular weight excluding hydrogens is 366 g/mol. The van der Waals surface area contributed by atoms with E-state index < -0.39 is 0 Å². The van der Waals surface area contributed by atoms with Crippen LogP contribution in [0, 0.1) is 0 Å². The smallest absolute Gasteiger partial charge is 0.242 e. The number of rotatable bonds is 4. The summed E-state index contributed by atoms with van der Waals surface area (Å²) >= 11 is 7.86. The first-order chi connectivity index (χ1) is 12.7. The van der Waals surface area contributed by atoms with Gasteiger partial charge >= 0.3 is 0 Å². The number of hydrogen-bond acceptors (Lipinski definition) is 4. The number of nitrogens with zero attached hydrogens (tertiary/aromatic N) is 2. The molecule has 3 aromatic rings. The fourth-order valence-corrected chi connectivity index (χ4v) is 4.71. The van der Waals surface area contributed by atoms with Gasteiger partial charge in [0, 0.05) is 6.54 Å². The van der Waals surface area contributed by atoms with Crippen LogP contribution in [0.1, 0.15) is 30.3 Å². The summed E-state index contributed by atoms with van der Waals surface area (Å²) in [5.41, 5.74) is 1.80. The topological polar surface area (TPSA) is 45.2 Å². The Kier molecular flexibility index (Phi) is 5.09. The summed E-state index contributed by atoms with van der Waals surface area (Å²) in [6.45, 7) is 1.02. The molecule has 6 heteroatoms. The summed E-state index contributed by atoms with van der Waals surface area (Å²) in [4.78, 5) is 19.6. The predicted octanol–water partition coefficient (Wildman–Crippen LogP) is 5.12. The van der Waals surface area contributed by atoms with E-state index in [2.05, 4.69) is 11.4 Å². The molecule has 1 N–H and O–H groups in total. The number of halogens is 1. The summed E-state index contributed by atoms with van der Waals surface area (Å²) in [5, 5.41) is 4.83. The van der Waals surface area contributed by atoms with Crippen LogP contribution in [0.15, 0.2) is 48.5 Å². The molecule has 26 heavy (non-hydrogen) atoms. The Morgan fingerprint density at radius 2 is 2.00 bits per heavy atom. The molecule has 1 aliphatic heterocycles. The van der Waals surface area contributed by atoms with Crippen LogP contribution >= 0.6 is 22.9 Å². The van der Waals surface area contributed by atoms with Gasteiger partial charge in [0.2, 0.25) is 5.91 Å². The van der Waals surface area contributed by atoms with Crippen molar-refractivity contribution in [2.45, 2.75) is 25.3 Å². The van der Waals surface area contributed by atoms with Crippen molar-refractivity contribution < 1.29 is 4.79 Å². The first-order valence-electron chi connectivity index (χ1n) is 8.86. The summed E-state index contributed by atoms with van der Waals surface area (Å²) in [6.07, 6.45) is 3.14. The monoisotopic (exact) mass is 385 g/mol. The van der Waals surface area contributed by atoms with Crippen LogP contribution < -0.4 is 5.32 Å². The molecule has 0 bridgehead atoms. The lowest BCUT2D eigenvalue weighted by Gasteiger charge is -2.34. The summed E-state index contributed by atoms with van der Waals surface area (Å²) in [6, 6.07) is 15.7. The third kappa shape index (κ3) is 3.55. The van der Waals surface area contributed by atoms with E-state index in [-0.39, 0.29) is 18.5 Å². The number of carbonyl (C=O) groups is 1. The number of piperidine rings is 1. The molecule has 134 valence electrons. The second kappa shape index (κ2) is 7.64. The number of hydrogen-bond donors (Lipinski definition) is 1. The highest BCUT2D eigenvalue weighted by molar-refractivity contribution is 7.18. The van der Waals surface area contributed by atoms with Crippen molar-refractivity contribution >= 4 is 44.7 Å². The number of aromatic nitrogens is 1. The highest BCUT2D eigenvalue weighted by Gasteiger charge is 2.30. The van der Waals surface area contributed by atoms with Gasteiger partial charge in [0.15, 0.2) is 0 Å². The minimum atomic E-state index is 0.0710. The standard InChI is InChI=1S/C20H20ClN3OS/c21-14-7-1-2-8-15(14)22-13-19(25)24-12-6-5-10-17(24)20-23-16-9-3-4-11-18(16)26-20/h1-4,7-9,11,17,22H,5-6,10,12-13H2/t17-/m0/s1. The van der Waals surface area contributed by atoms with Gasteiger partial charge in [-0.3, -0.25) is 4.79 Å². The van der Waals surface area contributed by atoms with Gasteiger partial charge in [-0.15, -0.1) is 11.3 Å². The molecule has 2 aromatic carbocycles. The van der Waals surface area contributed by atoms with Gasteiger partial charge in [0.1, 0.15) is 5.01 Å². The third-order valence-electron chi connectivity index (χ3n) is 4.72. The number of thiazole rings is 1. The molecule has 2 heterocycles. The average molecular weight is 386 g/mol. The summed E-state index contributed by atoms with van der Waals surface area (Å²) in [7, 11) is 0. The number of likely N-dealkylation sites (tertiary alicyclic amines) is 1. The van der Waals surface area contributed by atoms with Gasteiger partial charge in [0.05, 0.1) is 33.5 Å². The van der Waals surface area contributed by atoms with Gasteiger partial charge in [0.25, 0.3) is 0 Å². The second-order valence-electron chi connectivity index (χ2n) is 6.45. The summed E-state index contributed by atoms with van der Waals surface area (Å²) in [5.74, 6) is 0.0916. The largest absolute Gasteiger partial charge is 0.375 e. The number of fused-ring (bicyclic) bond motifs is 1. The molecule has 0 saturated carbocycles. The lowest BCUT2D eigenvalue weighted by Crippen LogP contribution is -2.41. The zero-order valence-corrected chi connectivity index (χ0v) is 15.9. The van der Waals surface area contributed by atoms with E-state index in [0.717, 1.165) is 42.0 Å². The van der Waals surface area contributed by atoms with Crippen molar-refractivity contribution in [3.05, 3.63) is 58.6 Å². The Bertz CT molecular complexity index is 893. The van der Waals surface area contributed by atoms with Crippen LogP contribution in [0.3, 0.4) is 0 Å². The molecule has 0 unspecified atom stereocenters. The Hall–Kier alpha value is -2.11. The SMILES string of the molecule is O=C(CNc1ccccc1Cl)N1CCCC[C@H]1c1nc2ccccc2s1. The number of benzene rings is 2. The van der Waals surface area contributed by atoms with Crippen LogP contribution in [0.4, 0.5) is 5.69 Å². The van der Waals surface area contributed by atoms with Crippen molar-refractivity contribution in [1.82, 2.24) is 9.88 Å². The van der Waals surface area contributed by atoms with E-state index in [1.807, 2.05) is 47.4 Å². The fourth-order valence-electron chi connectivity index (χ4n) is 3.40. The maximum absolute atomic E-state index is 12.9. The molecular formula is C20H20ClN3OS. The molecule has 4 nitrogen and oxygen atoms in total. The van der Waals surface area contributed by atoms with Crippen molar-refractivity contribution in [3.63, 3.8) is 0 Å². The van der Waals surface area contributed by atoms with Crippen molar-refractivity contribution in [2.75, 3.05) is 18.4 Å². The van der Waals surface area contributed by atoms with Gasteiger partial charge in [-0.25, -0.2) is 4.98 Å². The second-order valence-corrected chi connectivity index (χ2v) is 7.92. The van der Waals surface area contributed by atoms with Crippen LogP contribution in [-0.4, -0.2) is 28.9 Å². The number of anilines is 1. The van der Waals surface area contributed by atoms with Crippen molar-refractivity contribution in [1.29, 1.82) is 0 Å². The Balaban J connectivity index is 1.51. The summed E-state index contributed by atoms with van der Waals surface area (Å²) < 4.78 is 1.18. The van der Waals surface area contributed by atoms with Crippen molar-refractivity contribution in [3.8, 4) is 0 Å². The van der Waals surface area contributed by atoms with Crippen LogP contribution in [0.25, 0.3) is 10.2 Å². The average Bonchev–Trinajstić information content (AvgIpc) is 3.11. The lowest BCUT2D eigenvalue weighted by molar-refractivity contribution is -0.133. The molecule has 1 amide bonds. The van der Waals surface area contributed by atoms with Crippen LogP contribution in [-0.2, 0) is 4.79 Å². The van der Waals surface area contributed by atoms with Gasteiger partial charge in [-0.1, -0.05) is 35.9 Å². The van der Waals surface area contributed by atoms with Crippen LogP contribution in [0.2, 0.25) is 5.02 Å². The highest BCUT2D eigenvalue weighted by atomic mass is 35.5. The number of nitrogens with one attached hydrogen (secondary N) is 1. The molecule has 0 radical (unpaired) electrons. The molecule has 1 atom stereocenters. The van der Waals surface area contributed by atoms with E-state index in [1.165, 1.54) is 4.70 Å². The normalized spacial score (nSPS) is 17.4. The molecule has 1 fully saturated rings. The number of amides is 1. The van der Waals surface area contributed by atoms with Gasteiger partial charge in [-0.2, -0.15) is 0 Å². The zero-order valence-electron chi connectivity index (χ0n) is 14.3. The Morgan fingerprint density at radius 1 is 1.19 bits per heavy atom. The number of para-hydroxylation sites is 2.